The fourth-order valence-electron chi connectivity index (χ4n) is 3.57. The van der Waals surface area contributed by atoms with Crippen molar-refractivity contribution in [2.75, 3.05) is 6.61 Å². The van der Waals surface area contributed by atoms with E-state index >= 15 is 0 Å². The lowest BCUT2D eigenvalue weighted by atomic mass is 10.2. The lowest BCUT2D eigenvalue weighted by Crippen LogP contribution is -2.17. The fourth-order valence-corrected chi connectivity index (χ4v) is 3.57. The highest BCUT2D eigenvalue weighted by Gasteiger charge is 2.14. The van der Waals surface area contributed by atoms with Crippen LogP contribution in [0.2, 0.25) is 0 Å². The van der Waals surface area contributed by atoms with E-state index in [1.54, 1.807) is 21.6 Å². The van der Waals surface area contributed by atoms with Crippen molar-refractivity contribution in [1.29, 1.82) is 0 Å². The summed E-state index contributed by atoms with van der Waals surface area (Å²) in [4.78, 5) is 24.7. The van der Waals surface area contributed by atoms with Gasteiger partial charge in [0.25, 0.3) is 0 Å². The highest BCUT2D eigenvalue weighted by molar-refractivity contribution is 5.74. The molecular formula is C24H22N6O2. The molecule has 0 saturated carbocycles. The minimum atomic E-state index is -0.224. The molecule has 0 atom stereocenters. The first-order valence-electron chi connectivity index (χ1n) is 10.5. The predicted octanol–water partition coefficient (Wildman–Crippen LogP) is 3.81. The third-order valence-corrected chi connectivity index (χ3v) is 5.15. The largest absolute Gasteiger partial charge is 0.493 e. The summed E-state index contributed by atoms with van der Waals surface area (Å²) in [6.07, 6.45) is 6.18. The molecule has 0 spiro atoms. The Morgan fingerprint density at radius 1 is 1.06 bits per heavy atom. The van der Waals surface area contributed by atoms with Gasteiger partial charge in [-0.15, -0.1) is 0 Å². The van der Waals surface area contributed by atoms with E-state index in [2.05, 4.69) is 22.0 Å². The molecule has 3 heterocycles. The lowest BCUT2D eigenvalue weighted by molar-refractivity contribution is 0.318. The average molecular weight is 426 g/mol. The van der Waals surface area contributed by atoms with Gasteiger partial charge in [0.1, 0.15) is 11.3 Å². The first-order valence-corrected chi connectivity index (χ1v) is 10.5. The summed E-state index contributed by atoms with van der Waals surface area (Å²) >= 11 is 0. The van der Waals surface area contributed by atoms with Crippen LogP contribution in [-0.4, -0.2) is 35.9 Å². The number of rotatable bonds is 7. The number of imidazole rings is 1. The van der Waals surface area contributed by atoms with Gasteiger partial charge in [0.05, 0.1) is 30.6 Å². The number of ether oxygens (including phenoxy) is 1. The molecule has 32 heavy (non-hydrogen) atoms. The summed E-state index contributed by atoms with van der Waals surface area (Å²) in [5.41, 5.74) is 3.67. The van der Waals surface area contributed by atoms with Gasteiger partial charge < -0.3 is 9.72 Å². The number of benzene rings is 2. The molecule has 1 N–H and O–H groups in total. The number of para-hydroxylation sites is 1. The van der Waals surface area contributed by atoms with Crippen LogP contribution in [0.3, 0.4) is 0 Å². The third kappa shape index (κ3) is 3.78. The molecule has 5 aromatic rings. The first kappa shape index (κ1) is 19.7. The van der Waals surface area contributed by atoms with Crippen LogP contribution in [0.4, 0.5) is 0 Å². The molecule has 160 valence electrons. The zero-order valence-electron chi connectivity index (χ0n) is 17.6. The van der Waals surface area contributed by atoms with Crippen LogP contribution < -0.4 is 10.4 Å². The van der Waals surface area contributed by atoms with E-state index in [9.17, 15) is 4.79 Å². The molecule has 3 aromatic heterocycles. The average Bonchev–Trinajstić information content (AvgIpc) is 3.47. The second-order valence-corrected chi connectivity index (χ2v) is 7.41. The maximum atomic E-state index is 12.7. The van der Waals surface area contributed by atoms with E-state index < -0.39 is 0 Å². The van der Waals surface area contributed by atoms with Crippen LogP contribution in [0, 0.1) is 0 Å². The van der Waals surface area contributed by atoms with Crippen molar-refractivity contribution in [3.05, 3.63) is 89.2 Å². The molecular weight excluding hydrogens is 404 g/mol. The molecule has 0 aliphatic heterocycles. The Bertz CT molecular complexity index is 1400. The lowest BCUT2D eigenvalue weighted by Gasteiger charge is -2.10. The Kier molecular flexibility index (Phi) is 5.25. The zero-order chi connectivity index (χ0) is 21.9. The molecule has 0 fully saturated rings. The summed E-state index contributed by atoms with van der Waals surface area (Å²) in [7, 11) is 0. The van der Waals surface area contributed by atoms with Crippen molar-refractivity contribution in [2.45, 2.75) is 19.9 Å². The minimum absolute atomic E-state index is 0.224. The van der Waals surface area contributed by atoms with Gasteiger partial charge in [-0.1, -0.05) is 31.2 Å². The number of aromatic amines is 1. The van der Waals surface area contributed by atoms with Crippen molar-refractivity contribution in [3.8, 4) is 22.8 Å². The number of hydrogen-bond donors (Lipinski definition) is 1. The molecule has 0 bridgehead atoms. The molecule has 5 rings (SSSR count). The number of nitrogens with zero attached hydrogens (tertiary/aromatic N) is 5. The number of nitrogens with one attached hydrogen (secondary N) is 1. The molecule has 0 radical (unpaired) electrons. The maximum Gasteiger partial charge on any atom is 0.328 e. The Morgan fingerprint density at radius 2 is 1.91 bits per heavy atom. The number of hydrogen-bond acceptors (Lipinski definition) is 5. The Balaban J connectivity index is 1.50. The SMILES string of the molecule is CCCOc1ccccc1-c1ncc2[nH]c(=O)n(Cc3ccc(-n4cccn4)cc3)c2n1. The number of aromatic nitrogens is 6. The van der Waals surface area contributed by atoms with Crippen LogP contribution in [0.15, 0.2) is 78.0 Å². The Labute approximate surface area is 184 Å². The summed E-state index contributed by atoms with van der Waals surface area (Å²) in [6.45, 7) is 3.07. The predicted molar refractivity (Wildman–Crippen MR) is 122 cm³/mol. The molecule has 0 aliphatic rings. The van der Waals surface area contributed by atoms with Crippen molar-refractivity contribution in [3.63, 3.8) is 0 Å². The van der Waals surface area contributed by atoms with Gasteiger partial charge >= 0.3 is 5.69 Å². The number of H-pyrrole nitrogens is 1. The molecule has 0 amide bonds. The molecule has 8 nitrogen and oxygen atoms in total. The smallest absolute Gasteiger partial charge is 0.328 e. The van der Waals surface area contributed by atoms with E-state index in [1.165, 1.54) is 0 Å². The maximum absolute atomic E-state index is 12.7. The van der Waals surface area contributed by atoms with E-state index in [0.717, 1.165) is 29.0 Å². The number of fused-ring (bicyclic) bond motifs is 1. The normalized spacial score (nSPS) is 11.2. The van der Waals surface area contributed by atoms with Crippen molar-refractivity contribution < 1.29 is 4.74 Å². The highest BCUT2D eigenvalue weighted by Crippen LogP contribution is 2.28. The van der Waals surface area contributed by atoms with E-state index in [4.69, 9.17) is 9.72 Å². The van der Waals surface area contributed by atoms with Gasteiger partial charge in [0.15, 0.2) is 11.5 Å². The van der Waals surface area contributed by atoms with Crippen LogP contribution in [0.5, 0.6) is 5.75 Å². The van der Waals surface area contributed by atoms with E-state index in [1.807, 2.05) is 60.8 Å². The summed E-state index contributed by atoms with van der Waals surface area (Å²) in [5, 5.41) is 4.24. The van der Waals surface area contributed by atoms with Gasteiger partial charge in [-0.2, -0.15) is 5.10 Å². The van der Waals surface area contributed by atoms with Gasteiger partial charge in [-0.25, -0.2) is 19.4 Å². The standard InChI is InChI=1S/C24H22N6O2/c1-2-14-32-21-7-4-3-6-19(21)22-25-15-20-23(28-22)29(24(31)27-20)16-17-8-10-18(11-9-17)30-13-5-12-26-30/h3-13,15H,2,14,16H2,1H3,(H,27,31). The Morgan fingerprint density at radius 3 is 2.69 bits per heavy atom. The van der Waals surface area contributed by atoms with Crippen LogP contribution in [-0.2, 0) is 6.54 Å². The minimum Gasteiger partial charge on any atom is -0.493 e. The molecule has 0 aliphatic carbocycles. The van der Waals surface area contributed by atoms with Crippen LogP contribution in [0.25, 0.3) is 28.2 Å². The zero-order valence-corrected chi connectivity index (χ0v) is 17.6. The monoisotopic (exact) mass is 426 g/mol. The highest BCUT2D eigenvalue weighted by atomic mass is 16.5. The van der Waals surface area contributed by atoms with Crippen molar-refractivity contribution in [2.24, 2.45) is 0 Å². The van der Waals surface area contributed by atoms with Gasteiger partial charge in [-0.3, -0.25) is 4.57 Å². The van der Waals surface area contributed by atoms with Gasteiger partial charge in [0.2, 0.25) is 0 Å². The summed E-state index contributed by atoms with van der Waals surface area (Å²) < 4.78 is 9.28. The quantitative estimate of drug-likeness (QED) is 0.427. The van der Waals surface area contributed by atoms with E-state index in [0.29, 0.717) is 30.1 Å². The molecule has 0 unspecified atom stereocenters. The van der Waals surface area contributed by atoms with Crippen LogP contribution >= 0.6 is 0 Å². The molecule has 0 saturated heterocycles. The van der Waals surface area contributed by atoms with Crippen LogP contribution in [0.1, 0.15) is 18.9 Å². The second-order valence-electron chi connectivity index (χ2n) is 7.41. The third-order valence-electron chi connectivity index (χ3n) is 5.15. The molecule has 8 heteroatoms. The molecule has 2 aromatic carbocycles. The summed E-state index contributed by atoms with van der Waals surface area (Å²) in [6, 6.07) is 17.5. The van der Waals surface area contributed by atoms with Gasteiger partial charge in [0, 0.05) is 12.4 Å². The van der Waals surface area contributed by atoms with Gasteiger partial charge in [-0.05, 0) is 42.3 Å². The second kappa shape index (κ2) is 8.50. The van der Waals surface area contributed by atoms with Crippen molar-refractivity contribution in [1.82, 2.24) is 29.3 Å². The van der Waals surface area contributed by atoms with Crippen molar-refractivity contribution >= 4 is 11.2 Å². The summed E-state index contributed by atoms with van der Waals surface area (Å²) in [5.74, 6) is 1.25. The Hall–Kier alpha value is -4.20. The first-order chi connectivity index (χ1) is 15.7. The fraction of sp³-hybridized carbons (Fsp3) is 0.167. The topological polar surface area (TPSA) is 90.6 Å². The van der Waals surface area contributed by atoms with E-state index in [-0.39, 0.29) is 5.69 Å².